The summed E-state index contributed by atoms with van der Waals surface area (Å²) >= 11 is 1.42. The minimum atomic E-state index is -0.281. The predicted molar refractivity (Wildman–Crippen MR) is 94.4 cm³/mol. The highest BCUT2D eigenvalue weighted by Gasteiger charge is 2.23. The van der Waals surface area contributed by atoms with Crippen LogP contribution in [0.4, 0.5) is 4.39 Å². The van der Waals surface area contributed by atoms with Crippen molar-refractivity contribution in [3.63, 3.8) is 0 Å². The fourth-order valence-corrected chi connectivity index (χ4v) is 3.92. The molecule has 1 aliphatic heterocycles. The van der Waals surface area contributed by atoms with Crippen molar-refractivity contribution in [2.24, 2.45) is 0 Å². The summed E-state index contributed by atoms with van der Waals surface area (Å²) in [5.74, 6) is -0.332. The molecule has 5 nitrogen and oxygen atoms in total. The number of aromatic nitrogens is 2. The lowest BCUT2D eigenvalue weighted by Gasteiger charge is -2.20. The molecule has 0 saturated carbocycles. The summed E-state index contributed by atoms with van der Waals surface area (Å²) < 4.78 is 20.5. The quantitative estimate of drug-likeness (QED) is 0.717. The van der Waals surface area contributed by atoms with Crippen molar-refractivity contribution < 1.29 is 13.9 Å². The number of hydrogen-bond donors (Lipinski definition) is 0. The third-order valence-corrected chi connectivity index (χ3v) is 5.26. The SMILES string of the molecule is CN(C[C@@H]1CCCO1)C(=O)c1csc2nc(-c3ccc(F)cc3)cn12. The van der Waals surface area contributed by atoms with Crippen LogP contribution in [0, 0.1) is 5.82 Å². The first kappa shape index (κ1) is 16.2. The van der Waals surface area contributed by atoms with Crippen molar-refractivity contribution in [2.75, 3.05) is 20.2 Å². The van der Waals surface area contributed by atoms with Crippen molar-refractivity contribution in [2.45, 2.75) is 18.9 Å². The van der Waals surface area contributed by atoms with E-state index in [0.717, 1.165) is 35.7 Å². The van der Waals surface area contributed by atoms with Gasteiger partial charge >= 0.3 is 0 Å². The zero-order chi connectivity index (χ0) is 17.4. The summed E-state index contributed by atoms with van der Waals surface area (Å²) in [5.41, 5.74) is 2.13. The number of ether oxygens (including phenoxy) is 1. The Hall–Kier alpha value is -2.25. The van der Waals surface area contributed by atoms with Gasteiger partial charge in [-0.2, -0.15) is 0 Å². The van der Waals surface area contributed by atoms with Gasteiger partial charge in [0.25, 0.3) is 5.91 Å². The highest BCUT2D eigenvalue weighted by atomic mass is 32.1. The number of imidazole rings is 1. The van der Waals surface area contributed by atoms with E-state index in [0.29, 0.717) is 12.2 Å². The highest BCUT2D eigenvalue weighted by molar-refractivity contribution is 7.15. The Morgan fingerprint density at radius 3 is 2.96 bits per heavy atom. The molecule has 7 heteroatoms. The number of benzene rings is 1. The van der Waals surface area contributed by atoms with Crippen LogP contribution in [0.15, 0.2) is 35.8 Å². The summed E-state index contributed by atoms with van der Waals surface area (Å²) in [6.07, 6.45) is 4.00. The summed E-state index contributed by atoms with van der Waals surface area (Å²) in [4.78, 5) is 19.8. The number of amides is 1. The molecule has 0 spiro atoms. The Kier molecular flexibility index (Phi) is 4.27. The van der Waals surface area contributed by atoms with Crippen molar-refractivity contribution in [1.82, 2.24) is 14.3 Å². The van der Waals surface area contributed by atoms with Gasteiger partial charge in [-0.15, -0.1) is 11.3 Å². The molecule has 1 saturated heterocycles. The Balaban J connectivity index is 1.59. The molecule has 4 rings (SSSR count). The van der Waals surface area contributed by atoms with E-state index in [-0.39, 0.29) is 17.8 Å². The van der Waals surface area contributed by atoms with E-state index in [1.54, 1.807) is 28.5 Å². The Bertz CT molecular complexity index is 897. The molecule has 3 aromatic rings. The minimum absolute atomic E-state index is 0.0511. The van der Waals surface area contributed by atoms with Crippen molar-refractivity contribution in [3.8, 4) is 11.3 Å². The maximum absolute atomic E-state index is 13.1. The van der Waals surface area contributed by atoms with Crippen LogP contribution in [-0.2, 0) is 4.74 Å². The Labute approximate surface area is 148 Å². The fourth-order valence-electron chi connectivity index (χ4n) is 3.07. The molecule has 25 heavy (non-hydrogen) atoms. The zero-order valence-electron chi connectivity index (χ0n) is 13.8. The van der Waals surface area contributed by atoms with E-state index in [4.69, 9.17) is 4.74 Å². The van der Waals surface area contributed by atoms with E-state index in [9.17, 15) is 9.18 Å². The maximum atomic E-state index is 13.1. The van der Waals surface area contributed by atoms with Crippen molar-refractivity contribution in [1.29, 1.82) is 0 Å². The summed E-state index contributed by atoms with van der Waals surface area (Å²) in [6, 6.07) is 6.19. The van der Waals surface area contributed by atoms with Gasteiger partial charge in [-0.05, 0) is 37.1 Å². The molecule has 1 aliphatic rings. The average molecular weight is 359 g/mol. The monoisotopic (exact) mass is 359 g/mol. The normalized spacial score (nSPS) is 17.3. The third-order valence-electron chi connectivity index (χ3n) is 4.42. The summed E-state index contributed by atoms with van der Waals surface area (Å²) in [7, 11) is 1.80. The van der Waals surface area contributed by atoms with E-state index >= 15 is 0 Å². The molecule has 2 aromatic heterocycles. The molecule has 130 valence electrons. The first-order chi connectivity index (χ1) is 12.1. The summed E-state index contributed by atoms with van der Waals surface area (Å²) in [6.45, 7) is 1.37. The number of halogens is 1. The van der Waals surface area contributed by atoms with Crippen LogP contribution in [0.3, 0.4) is 0 Å². The number of thiazole rings is 1. The molecule has 1 atom stereocenters. The lowest BCUT2D eigenvalue weighted by molar-refractivity contribution is 0.0582. The van der Waals surface area contributed by atoms with Crippen LogP contribution in [0.2, 0.25) is 0 Å². The van der Waals surface area contributed by atoms with Gasteiger partial charge in [0.15, 0.2) is 4.96 Å². The van der Waals surface area contributed by atoms with Crippen molar-refractivity contribution >= 4 is 22.2 Å². The average Bonchev–Trinajstić information content (AvgIpc) is 3.31. The number of likely N-dealkylation sites (N-methyl/N-ethyl adjacent to an activating group) is 1. The van der Waals surface area contributed by atoms with E-state index < -0.39 is 0 Å². The van der Waals surface area contributed by atoms with Gasteiger partial charge in [-0.25, -0.2) is 9.37 Å². The molecule has 3 heterocycles. The molecular weight excluding hydrogens is 341 g/mol. The van der Waals surface area contributed by atoms with Gasteiger partial charge < -0.3 is 9.64 Å². The molecule has 0 radical (unpaired) electrons. The largest absolute Gasteiger partial charge is 0.376 e. The van der Waals surface area contributed by atoms with Crippen LogP contribution in [0.1, 0.15) is 23.3 Å². The number of fused-ring (bicyclic) bond motifs is 1. The zero-order valence-corrected chi connectivity index (χ0v) is 14.6. The smallest absolute Gasteiger partial charge is 0.271 e. The molecule has 0 aliphatic carbocycles. The van der Waals surface area contributed by atoms with Gasteiger partial charge in [0.1, 0.15) is 11.5 Å². The van der Waals surface area contributed by atoms with Crippen LogP contribution >= 0.6 is 11.3 Å². The number of nitrogens with zero attached hydrogens (tertiary/aromatic N) is 3. The fraction of sp³-hybridized carbons (Fsp3) is 0.333. The maximum Gasteiger partial charge on any atom is 0.271 e. The van der Waals surface area contributed by atoms with E-state index in [1.807, 2.05) is 11.6 Å². The van der Waals surface area contributed by atoms with E-state index in [1.165, 1.54) is 23.5 Å². The first-order valence-electron chi connectivity index (χ1n) is 8.21. The lowest BCUT2D eigenvalue weighted by Crippen LogP contribution is -2.34. The highest BCUT2D eigenvalue weighted by Crippen LogP contribution is 2.25. The van der Waals surface area contributed by atoms with E-state index in [2.05, 4.69) is 4.98 Å². The number of hydrogen-bond acceptors (Lipinski definition) is 4. The second-order valence-electron chi connectivity index (χ2n) is 6.23. The second kappa shape index (κ2) is 6.57. The van der Waals surface area contributed by atoms with Crippen LogP contribution in [0.25, 0.3) is 16.2 Å². The van der Waals surface area contributed by atoms with Gasteiger partial charge in [-0.1, -0.05) is 0 Å². The molecule has 0 N–H and O–H groups in total. The topological polar surface area (TPSA) is 46.8 Å². The number of carbonyl (C=O) groups excluding carboxylic acids is 1. The summed E-state index contributed by atoms with van der Waals surface area (Å²) in [5, 5.41) is 1.82. The predicted octanol–water partition coefficient (Wildman–Crippen LogP) is 3.45. The third kappa shape index (κ3) is 3.17. The molecule has 0 bridgehead atoms. The Morgan fingerprint density at radius 2 is 2.24 bits per heavy atom. The van der Waals surface area contributed by atoms with Gasteiger partial charge in [0.05, 0.1) is 11.8 Å². The van der Waals surface area contributed by atoms with Gasteiger partial charge in [0, 0.05) is 37.3 Å². The van der Waals surface area contributed by atoms with Crippen LogP contribution < -0.4 is 0 Å². The molecule has 1 amide bonds. The number of carbonyl (C=O) groups is 1. The first-order valence-corrected chi connectivity index (χ1v) is 9.09. The standard InChI is InChI=1S/C18H18FN3O2S/c1-21(9-14-3-2-8-24-14)17(23)16-11-25-18-20-15(10-22(16)18)12-4-6-13(19)7-5-12/h4-7,10-11,14H,2-3,8-9H2,1H3/t14-/m0/s1. The lowest BCUT2D eigenvalue weighted by atomic mass is 10.2. The molecule has 1 fully saturated rings. The van der Waals surface area contributed by atoms with Crippen LogP contribution in [-0.4, -0.2) is 46.5 Å². The van der Waals surface area contributed by atoms with Gasteiger partial charge in [0.2, 0.25) is 0 Å². The van der Waals surface area contributed by atoms with Crippen LogP contribution in [0.5, 0.6) is 0 Å². The second-order valence-corrected chi connectivity index (χ2v) is 7.06. The molecule has 0 unspecified atom stereocenters. The van der Waals surface area contributed by atoms with Crippen molar-refractivity contribution in [3.05, 3.63) is 47.4 Å². The molecular formula is C18H18FN3O2S. The minimum Gasteiger partial charge on any atom is -0.376 e. The molecule has 1 aromatic carbocycles. The number of rotatable bonds is 4. The Morgan fingerprint density at radius 1 is 1.44 bits per heavy atom. The van der Waals surface area contributed by atoms with Gasteiger partial charge in [-0.3, -0.25) is 9.20 Å².